The number of para-hydroxylation sites is 1. The first-order chi connectivity index (χ1) is 14.4. The van der Waals surface area contributed by atoms with Crippen molar-refractivity contribution in [2.75, 3.05) is 23.8 Å². The fourth-order valence-corrected chi connectivity index (χ4v) is 6.36. The maximum Gasteiger partial charge on any atom is 0.233 e. The minimum absolute atomic E-state index is 0.0597. The van der Waals surface area contributed by atoms with E-state index in [1.54, 1.807) is 9.42 Å². The van der Waals surface area contributed by atoms with E-state index in [0.29, 0.717) is 23.9 Å². The summed E-state index contributed by atoms with van der Waals surface area (Å²) in [5.41, 5.74) is 1.52. The van der Waals surface area contributed by atoms with Gasteiger partial charge in [-0.2, -0.15) is 4.52 Å². The Morgan fingerprint density at radius 2 is 2.10 bits per heavy atom. The summed E-state index contributed by atoms with van der Waals surface area (Å²) in [7, 11) is -3.05. The Kier molecular flexibility index (Phi) is 5.97. The van der Waals surface area contributed by atoms with Gasteiger partial charge in [-0.3, -0.25) is 4.79 Å². The lowest BCUT2D eigenvalue weighted by Gasteiger charge is -2.28. The molecule has 1 amide bonds. The van der Waals surface area contributed by atoms with Crippen molar-refractivity contribution in [3.8, 4) is 0 Å². The summed E-state index contributed by atoms with van der Waals surface area (Å²) >= 11 is 1.32. The third-order valence-electron chi connectivity index (χ3n) is 5.30. The highest BCUT2D eigenvalue weighted by Crippen LogP contribution is 2.25. The van der Waals surface area contributed by atoms with E-state index >= 15 is 0 Å². The van der Waals surface area contributed by atoms with Crippen molar-refractivity contribution in [3.05, 3.63) is 30.1 Å². The van der Waals surface area contributed by atoms with E-state index in [0.717, 1.165) is 29.4 Å². The van der Waals surface area contributed by atoms with E-state index in [4.69, 9.17) is 0 Å². The highest BCUT2D eigenvalue weighted by atomic mass is 32.2. The summed E-state index contributed by atoms with van der Waals surface area (Å²) in [6.45, 7) is 4.47. The van der Waals surface area contributed by atoms with Gasteiger partial charge in [-0.15, -0.1) is 5.10 Å². The second kappa shape index (κ2) is 8.50. The van der Waals surface area contributed by atoms with Crippen LogP contribution in [0.5, 0.6) is 0 Å². The first-order valence-electron chi connectivity index (χ1n) is 10.1. The van der Waals surface area contributed by atoms with Crippen molar-refractivity contribution >= 4 is 44.1 Å². The molecule has 2 aromatic heterocycles. The number of amides is 1. The topological polar surface area (TPSA) is 97.5 Å². The zero-order valence-corrected chi connectivity index (χ0v) is 18.7. The standard InChI is InChI=1S/C20H25N5O3S2/c1-3-4-10-24(15-9-11-30(27,28)13-15)18(26)12-29-20-22-17-8-6-5-7-16(17)19-21-14(2)23-25(19)20/h5-8,15H,3-4,9-13H2,1-2H3/t15-/m1/s1. The van der Waals surface area contributed by atoms with Gasteiger partial charge in [0.05, 0.1) is 22.8 Å². The minimum atomic E-state index is -3.05. The van der Waals surface area contributed by atoms with Crippen molar-refractivity contribution in [2.24, 2.45) is 0 Å². The number of sulfone groups is 1. The maximum atomic E-state index is 13.1. The lowest BCUT2D eigenvalue weighted by molar-refractivity contribution is -0.130. The van der Waals surface area contributed by atoms with Gasteiger partial charge in [0.25, 0.3) is 0 Å². The van der Waals surface area contributed by atoms with Crippen molar-refractivity contribution < 1.29 is 13.2 Å². The Bertz CT molecular complexity index is 1190. The Balaban J connectivity index is 1.57. The number of fused-ring (bicyclic) bond motifs is 3. The van der Waals surface area contributed by atoms with Crippen LogP contribution in [0.3, 0.4) is 0 Å². The molecule has 0 radical (unpaired) electrons. The molecular formula is C20H25N5O3S2. The second-order valence-electron chi connectivity index (χ2n) is 7.59. The van der Waals surface area contributed by atoms with Gasteiger partial charge in [0, 0.05) is 18.0 Å². The normalized spacial score (nSPS) is 18.3. The fraction of sp³-hybridized carbons (Fsp3) is 0.500. The summed E-state index contributed by atoms with van der Waals surface area (Å²) in [6.07, 6.45) is 2.32. The summed E-state index contributed by atoms with van der Waals surface area (Å²) in [5, 5.41) is 5.97. The number of thioether (sulfide) groups is 1. The number of hydrogen-bond acceptors (Lipinski definition) is 7. The molecule has 0 bridgehead atoms. The minimum Gasteiger partial charge on any atom is -0.338 e. The number of aryl methyl sites for hydroxylation is 1. The van der Waals surface area contributed by atoms with Crippen LogP contribution < -0.4 is 0 Å². The Morgan fingerprint density at radius 3 is 2.83 bits per heavy atom. The predicted octanol–water partition coefficient (Wildman–Crippen LogP) is 2.49. The van der Waals surface area contributed by atoms with Crippen LogP contribution in [0, 0.1) is 6.92 Å². The van der Waals surface area contributed by atoms with Crippen molar-refractivity contribution in [2.45, 2.75) is 44.3 Å². The molecule has 1 aromatic carbocycles. The molecule has 0 aliphatic carbocycles. The van der Waals surface area contributed by atoms with Gasteiger partial charge in [-0.1, -0.05) is 37.2 Å². The van der Waals surface area contributed by atoms with E-state index in [1.807, 2.05) is 31.2 Å². The molecule has 1 atom stereocenters. The number of hydrogen-bond donors (Lipinski definition) is 0. The number of benzene rings is 1. The molecule has 30 heavy (non-hydrogen) atoms. The van der Waals surface area contributed by atoms with Crippen LogP contribution in [0.15, 0.2) is 29.4 Å². The van der Waals surface area contributed by atoms with Crippen LogP contribution in [0.4, 0.5) is 0 Å². The van der Waals surface area contributed by atoms with Crippen molar-refractivity contribution in [3.63, 3.8) is 0 Å². The summed E-state index contributed by atoms with van der Waals surface area (Å²) < 4.78 is 25.5. The number of carbonyl (C=O) groups is 1. The van der Waals surface area contributed by atoms with Crippen LogP contribution in [-0.2, 0) is 14.6 Å². The van der Waals surface area contributed by atoms with Gasteiger partial charge < -0.3 is 4.90 Å². The molecule has 0 saturated carbocycles. The molecule has 10 heteroatoms. The molecule has 0 spiro atoms. The summed E-state index contributed by atoms with van der Waals surface area (Å²) in [5.74, 6) is 0.983. The number of nitrogens with zero attached hydrogens (tertiary/aromatic N) is 5. The predicted molar refractivity (Wildman–Crippen MR) is 117 cm³/mol. The third kappa shape index (κ3) is 4.29. The van der Waals surface area contributed by atoms with E-state index in [9.17, 15) is 13.2 Å². The van der Waals surface area contributed by atoms with E-state index in [1.165, 1.54) is 11.8 Å². The number of aromatic nitrogens is 4. The van der Waals surface area contributed by atoms with Gasteiger partial charge in [0.1, 0.15) is 5.82 Å². The molecule has 4 rings (SSSR count). The van der Waals surface area contributed by atoms with Crippen LogP contribution >= 0.6 is 11.8 Å². The SMILES string of the molecule is CCCCN(C(=O)CSc1nc2ccccc2c2nc(C)nn12)[C@@H]1CCS(=O)(=O)C1. The van der Waals surface area contributed by atoms with Crippen molar-refractivity contribution in [1.82, 2.24) is 24.5 Å². The molecule has 1 saturated heterocycles. The van der Waals surface area contributed by atoms with E-state index < -0.39 is 9.84 Å². The summed E-state index contributed by atoms with van der Waals surface area (Å²) in [6, 6.07) is 7.50. The first kappa shape index (κ1) is 21.0. The van der Waals surface area contributed by atoms with Gasteiger partial charge in [0.2, 0.25) is 5.91 Å². The lowest BCUT2D eigenvalue weighted by Crippen LogP contribution is -2.42. The molecule has 3 heterocycles. The number of rotatable bonds is 7. The fourth-order valence-electron chi connectivity index (χ4n) is 3.80. The van der Waals surface area contributed by atoms with Gasteiger partial charge in [-0.25, -0.2) is 18.4 Å². The van der Waals surface area contributed by atoms with Gasteiger partial charge in [-0.05, 0) is 31.9 Å². The van der Waals surface area contributed by atoms with E-state index in [-0.39, 0.29) is 29.2 Å². The zero-order chi connectivity index (χ0) is 21.3. The molecule has 1 aliphatic rings. The zero-order valence-electron chi connectivity index (χ0n) is 17.1. The molecule has 0 N–H and O–H groups in total. The van der Waals surface area contributed by atoms with Crippen LogP contribution in [-0.4, -0.2) is 68.7 Å². The quantitative estimate of drug-likeness (QED) is 0.405. The molecule has 0 unspecified atom stereocenters. The Morgan fingerprint density at radius 1 is 1.30 bits per heavy atom. The monoisotopic (exact) mass is 447 g/mol. The smallest absolute Gasteiger partial charge is 0.233 e. The van der Waals surface area contributed by atoms with Gasteiger partial charge in [0.15, 0.2) is 20.6 Å². The summed E-state index contributed by atoms with van der Waals surface area (Å²) in [4.78, 5) is 24.0. The Hall–Kier alpha value is -2.20. The van der Waals surface area contributed by atoms with Crippen molar-refractivity contribution in [1.29, 1.82) is 0 Å². The van der Waals surface area contributed by atoms with Crippen LogP contribution in [0.25, 0.3) is 16.6 Å². The molecule has 160 valence electrons. The molecule has 8 nitrogen and oxygen atoms in total. The number of unbranched alkanes of at least 4 members (excludes halogenated alkanes) is 1. The lowest BCUT2D eigenvalue weighted by atomic mass is 10.2. The first-order valence-corrected chi connectivity index (χ1v) is 12.9. The van der Waals surface area contributed by atoms with Crippen LogP contribution in [0.1, 0.15) is 32.0 Å². The second-order valence-corrected chi connectivity index (χ2v) is 10.8. The molecule has 1 aliphatic heterocycles. The van der Waals surface area contributed by atoms with Crippen LogP contribution in [0.2, 0.25) is 0 Å². The molecule has 1 fully saturated rings. The van der Waals surface area contributed by atoms with E-state index in [2.05, 4.69) is 22.0 Å². The molecule has 3 aromatic rings. The number of carbonyl (C=O) groups excluding carboxylic acids is 1. The average molecular weight is 448 g/mol. The highest BCUT2D eigenvalue weighted by Gasteiger charge is 2.34. The Labute approximate surface area is 180 Å². The highest BCUT2D eigenvalue weighted by molar-refractivity contribution is 7.99. The van der Waals surface area contributed by atoms with Gasteiger partial charge >= 0.3 is 0 Å². The largest absolute Gasteiger partial charge is 0.338 e. The average Bonchev–Trinajstić information content (AvgIpc) is 3.28. The molecular weight excluding hydrogens is 422 g/mol. The maximum absolute atomic E-state index is 13.1. The third-order valence-corrected chi connectivity index (χ3v) is 7.97.